The van der Waals surface area contributed by atoms with Crippen LogP contribution >= 0.6 is 0 Å². The number of hydrogen-bond acceptors (Lipinski definition) is 3. The third-order valence-electron chi connectivity index (χ3n) is 7.61. The predicted octanol–water partition coefficient (Wildman–Crippen LogP) is 9.91. The number of carboxylic acid groups (broad SMARTS) is 1. The van der Waals surface area contributed by atoms with Crippen LogP contribution in [0.4, 0.5) is 0 Å². The molecule has 1 N–H and O–H groups in total. The molecular formula is C35H46O4. The average Bonchev–Trinajstić information content (AvgIpc) is 2.97. The zero-order valence-corrected chi connectivity index (χ0v) is 24.2. The molecule has 3 aromatic rings. The van der Waals surface area contributed by atoms with E-state index in [1.165, 1.54) is 38.5 Å². The molecule has 2 unspecified atom stereocenters. The van der Waals surface area contributed by atoms with Crippen LogP contribution in [-0.2, 0) is 0 Å². The van der Waals surface area contributed by atoms with E-state index in [4.69, 9.17) is 9.47 Å². The highest BCUT2D eigenvalue weighted by molar-refractivity contribution is 5.92. The zero-order chi connectivity index (χ0) is 28.0. The molecule has 210 valence electrons. The number of rotatable bonds is 17. The Bertz CT molecular complexity index is 1050. The summed E-state index contributed by atoms with van der Waals surface area (Å²) < 4.78 is 12.1. The van der Waals surface area contributed by atoms with E-state index in [1.807, 2.05) is 54.6 Å². The van der Waals surface area contributed by atoms with Crippen LogP contribution in [0, 0.1) is 11.8 Å². The van der Waals surface area contributed by atoms with Crippen molar-refractivity contribution in [2.24, 2.45) is 11.8 Å². The fourth-order valence-corrected chi connectivity index (χ4v) is 4.80. The normalized spacial score (nSPS) is 12.6. The predicted molar refractivity (Wildman–Crippen MR) is 162 cm³/mol. The smallest absolute Gasteiger partial charge is 0.335 e. The van der Waals surface area contributed by atoms with Crippen molar-refractivity contribution in [2.75, 3.05) is 13.2 Å². The first-order valence-corrected chi connectivity index (χ1v) is 14.8. The van der Waals surface area contributed by atoms with Gasteiger partial charge in [-0.05, 0) is 89.4 Å². The van der Waals surface area contributed by atoms with Gasteiger partial charge in [0.05, 0.1) is 18.8 Å². The summed E-state index contributed by atoms with van der Waals surface area (Å²) in [4.78, 5) is 11.9. The van der Waals surface area contributed by atoms with Crippen molar-refractivity contribution >= 4 is 5.97 Å². The van der Waals surface area contributed by atoms with Crippen LogP contribution in [0.5, 0.6) is 11.5 Å². The molecule has 0 spiro atoms. The summed E-state index contributed by atoms with van der Waals surface area (Å²) in [5.41, 5.74) is 3.93. The first-order chi connectivity index (χ1) is 19.0. The van der Waals surface area contributed by atoms with Crippen molar-refractivity contribution in [1.29, 1.82) is 0 Å². The minimum atomic E-state index is -0.937. The van der Waals surface area contributed by atoms with Crippen LogP contribution in [0.15, 0.2) is 66.7 Å². The molecule has 2 atom stereocenters. The van der Waals surface area contributed by atoms with Gasteiger partial charge in [-0.3, -0.25) is 0 Å². The van der Waals surface area contributed by atoms with E-state index in [0.29, 0.717) is 11.8 Å². The van der Waals surface area contributed by atoms with Crippen molar-refractivity contribution in [2.45, 2.75) is 79.1 Å². The second-order valence-electron chi connectivity index (χ2n) is 10.6. The molecule has 0 aliphatic heterocycles. The highest BCUT2D eigenvalue weighted by Crippen LogP contribution is 2.31. The third kappa shape index (κ3) is 9.45. The van der Waals surface area contributed by atoms with E-state index in [0.717, 1.165) is 59.8 Å². The highest BCUT2D eigenvalue weighted by Gasteiger charge is 2.12. The lowest BCUT2D eigenvalue weighted by Gasteiger charge is -2.16. The summed E-state index contributed by atoms with van der Waals surface area (Å²) in [5, 5.41) is 9.79. The lowest BCUT2D eigenvalue weighted by molar-refractivity contribution is 0.0697. The van der Waals surface area contributed by atoms with E-state index >= 15 is 0 Å². The SMILES string of the molecule is CCCCC(CC)COc1ccc(-c2cc(C(=O)O)cc(-c3ccc(OCC(CC)CCCC)cc3)c2)cc1. The second-order valence-corrected chi connectivity index (χ2v) is 10.6. The molecule has 0 aliphatic rings. The van der Waals surface area contributed by atoms with Gasteiger partial charge in [0, 0.05) is 0 Å². The van der Waals surface area contributed by atoms with Gasteiger partial charge in [-0.1, -0.05) is 90.5 Å². The van der Waals surface area contributed by atoms with Gasteiger partial charge in [-0.15, -0.1) is 0 Å². The molecular weight excluding hydrogens is 484 g/mol. The van der Waals surface area contributed by atoms with E-state index in [9.17, 15) is 9.90 Å². The van der Waals surface area contributed by atoms with Gasteiger partial charge >= 0.3 is 5.97 Å². The minimum absolute atomic E-state index is 0.270. The van der Waals surface area contributed by atoms with Gasteiger partial charge in [-0.2, -0.15) is 0 Å². The molecule has 0 amide bonds. The number of unbranched alkanes of at least 4 members (excludes halogenated alkanes) is 2. The first-order valence-electron chi connectivity index (χ1n) is 14.8. The van der Waals surface area contributed by atoms with Crippen LogP contribution in [-0.4, -0.2) is 24.3 Å². The largest absolute Gasteiger partial charge is 0.493 e. The van der Waals surface area contributed by atoms with Gasteiger partial charge in [0.2, 0.25) is 0 Å². The number of aromatic carboxylic acids is 1. The maximum Gasteiger partial charge on any atom is 0.335 e. The fourth-order valence-electron chi connectivity index (χ4n) is 4.80. The molecule has 0 aromatic heterocycles. The summed E-state index contributed by atoms with van der Waals surface area (Å²) in [6.07, 6.45) is 9.51. The number of benzene rings is 3. The fraction of sp³-hybridized carbons (Fsp3) is 0.457. The number of hydrogen-bond donors (Lipinski definition) is 1. The molecule has 3 aromatic carbocycles. The maximum absolute atomic E-state index is 11.9. The molecule has 0 saturated carbocycles. The summed E-state index contributed by atoms with van der Waals surface area (Å²) in [5.74, 6) is 1.90. The Labute approximate surface area is 235 Å². The topological polar surface area (TPSA) is 55.8 Å². The Morgan fingerprint density at radius 2 is 1.05 bits per heavy atom. The van der Waals surface area contributed by atoms with Gasteiger partial charge in [-0.25, -0.2) is 4.79 Å². The van der Waals surface area contributed by atoms with Gasteiger partial charge in [0.25, 0.3) is 0 Å². The monoisotopic (exact) mass is 530 g/mol. The summed E-state index contributed by atoms with van der Waals surface area (Å²) in [6.45, 7) is 10.3. The van der Waals surface area contributed by atoms with E-state index in [-0.39, 0.29) is 5.56 Å². The Morgan fingerprint density at radius 1 is 0.641 bits per heavy atom. The standard InChI is InChI=1S/C35H46O4/c1-5-9-11-26(7-3)24-38-33-17-13-28(14-18-33)30-21-31(23-32(22-30)35(36)37)29-15-19-34(20-16-29)39-25-27(8-4)12-10-6-2/h13-23,26-27H,5-12,24-25H2,1-4H3,(H,36,37). The molecule has 0 heterocycles. The van der Waals surface area contributed by atoms with Gasteiger partial charge in [0.15, 0.2) is 0 Å². The van der Waals surface area contributed by atoms with Gasteiger partial charge < -0.3 is 14.6 Å². The Balaban J connectivity index is 1.73. The summed E-state index contributed by atoms with van der Waals surface area (Å²) in [7, 11) is 0. The van der Waals surface area contributed by atoms with E-state index < -0.39 is 5.97 Å². The first kappa shape index (κ1) is 30.3. The van der Waals surface area contributed by atoms with Crippen LogP contribution in [0.3, 0.4) is 0 Å². The number of carboxylic acids is 1. The lowest BCUT2D eigenvalue weighted by Crippen LogP contribution is -2.11. The molecule has 4 nitrogen and oxygen atoms in total. The molecule has 0 radical (unpaired) electrons. The van der Waals surface area contributed by atoms with Crippen LogP contribution in [0.1, 0.15) is 89.4 Å². The van der Waals surface area contributed by atoms with Crippen molar-refractivity contribution in [3.05, 3.63) is 72.3 Å². The van der Waals surface area contributed by atoms with Gasteiger partial charge in [0.1, 0.15) is 11.5 Å². The minimum Gasteiger partial charge on any atom is -0.493 e. The molecule has 3 rings (SSSR count). The molecule has 4 heteroatoms. The van der Waals surface area contributed by atoms with Crippen LogP contribution < -0.4 is 9.47 Å². The summed E-state index contributed by atoms with van der Waals surface area (Å²) in [6, 6.07) is 21.5. The molecule has 0 bridgehead atoms. The van der Waals surface area contributed by atoms with Crippen molar-refractivity contribution in [1.82, 2.24) is 0 Å². The molecule has 39 heavy (non-hydrogen) atoms. The number of carbonyl (C=O) groups is 1. The summed E-state index contributed by atoms with van der Waals surface area (Å²) >= 11 is 0. The Kier molecular flexibility index (Phi) is 12.4. The van der Waals surface area contributed by atoms with Crippen LogP contribution in [0.2, 0.25) is 0 Å². The van der Waals surface area contributed by atoms with Crippen molar-refractivity contribution < 1.29 is 19.4 Å². The highest BCUT2D eigenvalue weighted by atomic mass is 16.5. The quantitative estimate of drug-likeness (QED) is 0.189. The lowest BCUT2D eigenvalue weighted by atomic mass is 9.96. The van der Waals surface area contributed by atoms with Crippen LogP contribution in [0.25, 0.3) is 22.3 Å². The van der Waals surface area contributed by atoms with E-state index in [1.54, 1.807) is 12.1 Å². The zero-order valence-electron chi connectivity index (χ0n) is 24.2. The second kappa shape index (κ2) is 16.0. The molecule has 0 aliphatic carbocycles. The molecule has 0 fully saturated rings. The van der Waals surface area contributed by atoms with Crippen molar-refractivity contribution in [3.63, 3.8) is 0 Å². The van der Waals surface area contributed by atoms with Crippen molar-refractivity contribution in [3.8, 4) is 33.8 Å². The van der Waals surface area contributed by atoms with E-state index in [2.05, 4.69) is 27.7 Å². The Morgan fingerprint density at radius 3 is 1.38 bits per heavy atom. The Hall–Kier alpha value is -3.27. The maximum atomic E-state index is 11.9. The third-order valence-corrected chi connectivity index (χ3v) is 7.61. The molecule has 0 saturated heterocycles. The number of ether oxygens (including phenoxy) is 2. The average molecular weight is 531 g/mol.